The summed E-state index contributed by atoms with van der Waals surface area (Å²) in [5, 5.41) is 1.57. The van der Waals surface area contributed by atoms with Crippen LogP contribution in [0, 0.1) is 0 Å². The maximum Gasteiger partial charge on any atom is 0.0543 e. The SMILES string of the molecule is Nc1ccc(Cl)c(SC2CCCC2)c1. The van der Waals surface area contributed by atoms with Crippen LogP contribution in [0.5, 0.6) is 0 Å². The molecule has 1 aromatic rings. The van der Waals surface area contributed by atoms with Crippen LogP contribution in [0.15, 0.2) is 23.1 Å². The summed E-state index contributed by atoms with van der Waals surface area (Å²) in [7, 11) is 0. The molecule has 0 bridgehead atoms. The van der Waals surface area contributed by atoms with E-state index in [0.717, 1.165) is 20.9 Å². The molecule has 3 heteroatoms. The Morgan fingerprint density at radius 3 is 2.71 bits per heavy atom. The smallest absolute Gasteiger partial charge is 0.0543 e. The maximum atomic E-state index is 6.10. The van der Waals surface area contributed by atoms with Crippen LogP contribution >= 0.6 is 23.4 Å². The normalized spacial score (nSPS) is 17.5. The molecule has 1 fully saturated rings. The molecule has 0 unspecified atom stereocenters. The van der Waals surface area contributed by atoms with Crippen LogP contribution < -0.4 is 5.73 Å². The van der Waals surface area contributed by atoms with Gasteiger partial charge in [-0.1, -0.05) is 24.4 Å². The van der Waals surface area contributed by atoms with Gasteiger partial charge in [0.2, 0.25) is 0 Å². The van der Waals surface area contributed by atoms with E-state index in [0.29, 0.717) is 0 Å². The van der Waals surface area contributed by atoms with Crippen molar-refractivity contribution in [1.82, 2.24) is 0 Å². The van der Waals surface area contributed by atoms with Gasteiger partial charge in [0, 0.05) is 15.8 Å². The van der Waals surface area contributed by atoms with Crippen LogP contribution in [0.25, 0.3) is 0 Å². The standard InChI is InChI=1S/C11H14ClNS/c12-10-6-5-8(13)7-11(10)14-9-3-1-2-4-9/h5-7,9H,1-4,13H2. The molecule has 1 aromatic carbocycles. The van der Waals surface area contributed by atoms with Gasteiger partial charge in [-0.15, -0.1) is 11.8 Å². The van der Waals surface area contributed by atoms with E-state index in [-0.39, 0.29) is 0 Å². The van der Waals surface area contributed by atoms with E-state index in [1.165, 1.54) is 25.7 Å². The molecular formula is C11H14ClNS. The van der Waals surface area contributed by atoms with Gasteiger partial charge in [-0.2, -0.15) is 0 Å². The van der Waals surface area contributed by atoms with Crippen LogP contribution in [0.3, 0.4) is 0 Å². The molecule has 2 N–H and O–H groups in total. The van der Waals surface area contributed by atoms with E-state index in [9.17, 15) is 0 Å². The molecule has 1 aliphatic rings. The molecular weight excluding hydrogens is 214 g/mol. The van der Waals surface area contributed by atoms with Gasteiger partial charge in [0.1, 0.15) is 0 Å². The summed E-state index contributed by atoms with van der Waals surface area (Å²) in [6, 6.07) is 5.71. The van der Waals surface area contributed by atoms with Crippen LogP contribution in [-0.2, 0) is 0 Å². The van der Waals surface area contributed by atoms with Gasteiger partial charge in [0.05, 0.1) is 5.02 Å². The van der Waals surface area contributed by atoms with Crippen LogP contribution in [0.2, 0.25) is 5.02 Å². The van der Waals surface area contributed by atoms with Crippen molar-refractivity contribution < 1.29 is 0 Å². The lowest BCUT2D eigenvalue weighted by molar-refractivity contribution is 0.886. The van der Waals surface area contributed by atoms with E-state index in [1.807, 2.05) is 30.0 Å². The minimum absolute atomic E-state index is 0.745. The zero-order valence-corrected chi connectivity index (χ0v) is 9.57. The third-order valence-corrected chi connectivity index (χ3v) is 4.39. The number of anilines is 1. The third kappa shape index (κ3) is 2.37. The quantitative estimate of drug-likeness (QED) is 0.775. The molecule has 0 radical (unpaired) electrons. The predicted molar refractivity (Wildman–Crippen MR) is 64.0 cm³/mol. The highest BCUT2D eigenvalue weighted by atomic mass is 35.5. The number of rotatable bonds is 2. The lowest BCUT2D eigenvalue weighted by Crippen LogP contribution is -1.94. The molecule has 1 nitrogen and oxygen atoms in total. The molecule has 0 heterocycles. The van der Waals surface area contributed by atoms with E-state index in [1.54, 1.807) is 0 Å². The van der Waals surface area contributed by atoms with Crippen molar-refractivity contribution >= 4 is 29.1 Å². The Hall–Kier alpha value is -0.340. The number of thioether (sulfide) groups is 1. The van der Waals surface area contributed by atoms with Gasteiger partial charge < -0.3 is 5.73 Å². The summed E-state index contributed by atoms with van der Waals surface area (Å²) in [4.78, 5) is 1.14. The molecule has 14 heavy (non-hydrogen) atoms. The maximum absolute atomic E-state index is 6.10. The van der Waals surface area contributed by atoms with Crippen molar-refractivity contribution in [2.75, 3.05) is 5.73 Å². The van der Waals surface area contributed by atoms with Gasteiger partial charge in [-0.3, -0.25) is 0 Å². The summed E-state index contributed by atoms with van der Waals surface area (Å²) in [6.45, 7) is 0. The fraction of sp³-hybridized carbons (Fsp3) is 0.455. The van der Waals surface area contributed by atoms with Crippen LogP contribution in [0.4, 0.5) is 5.69 Å². The lowest BCUT2D eigenvalue weighted by Gasteiger charge is -2.10. The van der Waals surface area contributed by atoms with E-state index < -0.39 is 0 Å². The Morgan fingerprint density at radius 1 is 1.29 bits per heavy atom. The zero-order chi connectivity index (χ0) is 9.97. The molecule has 1 aliphatic carbocycles. The van der Waals surface area contributed by atoms with Crippen molar-refractivity contribution in [3.8, 4) is 0 Å². The van der Waals surface area contributed by atoms with Crippen molar-refractivity contribution in [2.24, 2.45) is 0 Å². The molecule has 0 aromatic heterocycles. The number of hydrogen-bond acceptors (Lipinski definition) is 2. The minimum atomic E-state index is 0.745. The van der Waals surface area contributed by atoms with E-state index in [4.69, 9.17) is 17.3 Å². The Balaban J connectivity index is 2.10. The van der Waals surface area contributed by atoms with Crippen LogP contribution in [-0.4, -0.2) is 5.25 Å². The second kappa shape index (κ2) is 4.45. The number of benzene rings is 1. The van der Waals surface area contributed by atoms with Gasteiger partial charge in [-0.05, 0) is 31.0 Å². The topological polar surface area (TPSA) is 26.0 Å². The first-order valence-corrected chi connectivity index (χ1v) is 6.23. The number of halogens is 1. The fourth-order valence-electron chi connectivity index (χ4n) is 1.80. The monoisotopic (exact) mass is 227 g/mol. The Bertz CT molecular complexity index is 321. The largest absolute Gasteiger partial charge is 0.399 e. The Kier molecular flexibility index (Phi) is 3.24. The molecule has 76 valence electrons. The third-order valence-electron chi connectivity index (χ3n) is 2.55. The van der Waals surface area contributed by atoms with Gasteiger partial charge in [0.15, 0.2) is 0 Å². The molecule has 0 spiro atoms. The lowest BCUT2D eigenvalue weighted by atomic mass is 10.3. The summed E-state index contributed by atoms with van der Waals surface area (Å²) in [5.74, 6) is 0. The number of nitrogen functional groups attached to an aromatic ring is 1. The van der Waals surface area contributed by atoms with Crippen molar-refractivity contribution in [2.45, 2.75) is 35.8 Å². The van der Waals surface area contributed by atoms with Gasteiger partial charge in [-0.25, -0.2) is 0 Å². The molecule has 0 saturated heterocycles. The highest BCUT2D eigenvalue weighted by Gasteiger charge is 2.17. The first-order valence-electron chi connectivity index (χ1n) is 4.97. The highest BCUT2D eigenvalue weighted by molar-refractivity contribution is 8.00. The molecule has 1 saturated carbocycles. The fourth-order valence-corrected chi connectivity index (χ4v) is 3.36. The highest BCUT2D eigenvalue weighted by Crippen LogP contribution is 2.38. The van der Waals surface area contributed by atoms with Crippen molar-refractivity contribution in [3.63, 3.8) is 0 Å². The molecule has 2 rings (SSSR count). The average molecular weight is 228 g/mol. The van der Waals surface area contributed by atoms with E-state index in [2.05, 4.69) is 0 Å². The predicted octanol–water partition coefficient (Wildman–Crippen LogP) is 3.96. The Labute approximate surface area is 94.0 Å². The molecule has 0 aliphatic heterocycles. The first kappa shape index (κ1) is 10.2. The zero-order valence-electron chi connectivity index (χ0n) is 8.00. The summed E-state index contributed by atoms with van der Waals surface area (Å²) >= 11 is 7.98. The Morgan fingerprint density at radius 2 is 2.00 bits per heavy atom. The summed E-state index contributed by atoms with van der Waals surface area (Å²) in [5.41, 5.74) is 6.53. The second-order valence-electron chi connectivity index (χ2n) is 3.71. The minimum Gasteiger partial charge on any atom is -0.399 e. The summed E-state index contributed by atoms with van der Waals surface area (Å²) < 4.78 is 0. The second-order valence-corrected chi connectivity index (χ2v) is 5.46. The number of nitrogens with two attached hydrogens (primary N) is 1. The summed E-state index contributed by atoms with van der Waals surface area (Å²) in [6.07, 6.45) is 5.35. The van der Waals surface area contributed by atoms with Crippen LogP contribution in [0.1, 0.15) is 25.7 Å². The molecule has 0 amide bonds. The molecule has 0 atom stereocenters. The average Bonchev–Trinajstić information content (AvgIpc) is 2.64. The van der Waals surface area contributed by atoms with Gasteiger partial charge >= 0.3 is 0 Å². The van der Waals surface area contributed by atoms with Crippen molar-refractivity contribution in [3.05, 3.63) is 23.2 Å². The first-order chi connectivity index (χ1) is 6.75. The number of hydrogen-bond donors (Lipinski definition) is 1. The van der Waals surface area contributed by atoms with E-state index >= 15 is 0 Å². The van der Waals surface area contributed by atoms with Crippen molar-refractivity contribution in [1.29, 1.82) is 0 Å². The van der Waals surface area contributed by atoms with Gasteiger partial charge in [0.25, 0.3) is 0 Å².